The van der Waals surface area contributed by atoms with Crippen LogP contribution in [0.4, 0.5) is 10.5 Å². The summed E-state index contributed by atoms with van der Waals surface area (Å²) in [5.41, 5.74) is 2.40. The molecular formula is C23H26N4O3. The number of benzene rings is 2. The molecule has 7 heteroatoms. The number of ether oxygens (including phenoxy) is 2. The summed E-state index contributed by atoms with van der Waals surface area (Å²) in [7, 11) is 0. The summed E-state index contributed by atoms with van der Waals surface area (Å²) < 4.78 is 12.1. The lowest BCUT2D eigenvalue weighted by Gasteiger charge is -2.40. The van der Waals surface area contributed by atoms with Crippen molar-refractivity contribution >= 4 is 22.6 Å². The highest BCUT2D eigenvalue weighted by Crippen LogP contribution is 2.48. The van der Waals surface area contributed by atoms with Crippen LogP contribution in [0.1, 0.15) is 50.6 Å². The zero-order valence-electron chi connectivity index (χ0n) is 17.0. The zero-order chi connectivity index (χ0) is 20.6. The Kier molecular flexibility index (Phi) is 4.73. The van der Waals surface area contributed by atoms with Gasteiger partial charge in [-0.25, -0.2) is 4.79 Å². The van der Waals surface area contributed by atoms with Crippen molar-refractivity contribution in [1.29, 1.82) is 0 Å². The van der Waals surface area contributed by atoms with Crippen LogP contribution in [0.2, 0.25) is 0 Å². The van der Waals surface area contributed by atoms with Crippen molar-refractivity contribution in [3.05, 3.63) is 48.2 Å². The minimum absolute atomic E-state index is 0.119. The number of hydrogen-bond acceptors (Lipinski definition) is 4. The predicted molar refractivity (Wildman–Crippen MR) is 115 cm³/mol. The quantitative estimate of drug-likeness (QED) is 0.574. The maximum Gasteiger partial charge on any atom is 0.319 e. The highest BCUT2D eigenvalue weighted by molar-refractivity contribution is 6.00. The van der Waals surface area contributed by atoms with Crippen molar-refractivity contribution in [3.63, 3.8) is 0 Å². The van der Waals surface area contributed by atoms with E-state index in [0.29, 0.717) is 6.61 Å². The molecule has 1 fully saturated rings. The van der Waals surface area contributed by atoms with Crippen LogP contribution >= 0.6 is 0 Å². The van der Waals surface area contributed by atoms with Crippen molar-refractivity contribution in [2.24, 2.45) is 0 Å². The van der Waals surface area contributed by atoms with Crippen LogP contribution in [-0.2, 0) is 0 Å². The highest BCUT2D eigenvalue weighted by Gasteiger charge is 2.43. The van der Waals surface area contributed by atoms with E-state index in [2.05, 4.69) is 20.8 Å². The number of carbonyl (C=O) groups is 1. The molecule has 156 valence electrons. The third kappa shape index (κ3) is 3.44. The van der Waals surface area contributed by atoms with Gasteiger partial charge >= 0.3 is 6.03 Å². The van der Waals surface area contributed by atoms with E-state index in [9.17, 15) is 4.79 Å². The summed E-state index contributed by atoms with van der Waals surface area (Å²) in [5.74, 6) is 1.61. The van der Waals surface area contributed by atoms with Gasteiger partial charge in [-0.2, -0.15) is 5.10 Å². The summed E-state index contributed by atoms with van der Waals surface area (Å²) in [4.78, 5) is 12.9. The Morgan fingerprint density at radius 3 is 3.00 bits per heavy atom. The Morgan fingerprint density at radius 2 is 2.17 bits per heavy atom. The first-order chi connectivity index (χ1) is 14.7. The van der Waals surface area contributed by atoms with Crippen molar-refractivity contribution < 1.29 is 14.3 Å². The van der Waals surface area contributed by atoms with E-state index in [4.69, 9.17) is 9.47 Å². The van der Waals surface area contributed by atoms with Gasteiger partial charge in [-0.3, -0.25) is 5.10 Å². The molecule has 2 amide bonds. The molecule has 1 aliphatic carbocycles. The maximum atomic E-state index is 12.9. The van der Waals surface area contributed by atoms with E-state index in [-0.39, 0.29) is 17.7 Å². The number of amides is 2. The summed E-state index contributed by atoms with van der Waals surface area (Å²) in [6, 6.07) is 11.2. The number of anilines is 1. The van der Waals surface area contributed by atoms with E-state index < -0.39 is 0 Å². The Labute approximate surface area is 175 Å². The van der Waals surface area contributed by atoms with Gasteiger partial charge in [-0.05, 0) is 56.9 Å². The number of nitrogens with zero attached hydrogens (tertiary/aromatic N) is 1. The van der Waals surface area contributed by atoms with Crippen LogP contribution in [0, 0.1) is 0 Å². The fraction of sp³-hybridized carbons (Fsp3) is 0.391. The normalized spacial score (nSPS) is 19.3. The molecule has 2 heterocycles. The van der Waals surface area contributed by atoms with Crippen molar-refractivity contribution in [1.82, 2.24) is 15.5 Å². The molecule has 7 nitrogen and oxygen atoms in total. The van der Waals surface area contributed by atoms with Crippen LogP contribution in [0.3, 0.4) is 0 Å². The molecule has 2 aromatic carbocycles. The second-order valence-electron chi connectivity index (χ2n) is 8.12. The number of rotatable bonds is 4. The van der Waals surface area contributed by atoms with E-state index in [0.717, 1.165) is 65.8 Å². The molecule has 3 N–H and O–H groups in total. The molecule has 1 unspecified atom stereocenters. The highest BCUT2D eigenvalue weighted by atomic mass is 16.5. The summed E-state index contributed by atoms with van der Waals surface area (Å²) >= 11 is 0. The number of carbonyl (C=O) groups excluding carboxylic acids is 1. The molecule has 1 spiro atoms. The van der Waals surface area contributed by atoms with E-state index >= 15 is 0 Å². The lowest BCUT2D eigenvalue weighted by molar-refractivity contribution is 0.0385. The molecule has 1 saturated carbocycles. The lowest BCUT2D eigenvalue weighted by atomic mass is 9.86. The third-order valence-electron chi connectivity index (χ3n) is 6.13. The van der Waals surface area contributed by atoms with E-state index in [1.54, 1.807) is 6.20 Å². The topological polar surface area (TPSA) is 88.3 Å². The molecule has 30 heavy (non-hydrogen) atoms. The number of fused-ring (bicyclic) bond motifs is 2. The van der Waals surface area contributed by atoms with Gasteiger partial charge in [0.15, 0.2) is 0 Å². The molecule has 0 saturated heterocycles. The van der Waals surface area contributed by atoms with Gasteiger partial charge in [0.1, 0.15) is 17.1 Å². The molecule has 5 rings (SSSR count). The lowest BCUT2D eigenvalue weighted by Crippen LogP contribution is -2.44. The average Bonchev–Trinajstić information content (AvgIpc) is 3.38. The number of aromatic nitrogens is 2. The summed E-state index contributed by atoms with van der Waals surface area (Å²) in [6.07, 6.45) is 6.83. The first-order valence-corrected chi connectivity index (χ1v) is 10.6. The number of H-pyrrole nitrogens is 1. The Balaban J connectivity index is 1.40. The third-order valence-corrected chi connectivity index (χ3v) is 6.13. The minimum atomic E-state index is -0.233. The number of nitrogens with one attached hydrogen (secondary N) is 3. The molecule has 2 aliphatic rings. The van der Waals surface area contributed by atoms with Gasteiger partial charge < -0.3 is 20.1 Å². The Hall–Kier alpha value is -3.22. The van der Waals surface area contributed by atoms with Gasteiger partial charge in [-0.15, -0.1) is 0 Å². The van der Waals surface area contributed by atoms with Crippen molar-refractivity contribution in [2.75, 3.05) is 11.9 Å². The SMILES string of the molecule is CCOc1ccc2c(c1)OC1(CCCC1)CC2NC(=O)Nc1cccc2[nH]ncc12. The van der Waals surface area contributed by atoms with Crippen molar-refractivity contribution in [3.8, 4) is 11.5 Å². The van der Waals surface area contributed by atoms with Gasteiger partial charge in [0, 0.05) is 23.4 Å². The standard InChI is InChI=1S/C23H26N4O3/c1-2-29-15-8-9-16-20(13-23(10-3-4-11-23)30-21(16)12-15)26-22(28)25-18-6-5-7-19-17(18)14-24-27-19/h5-9,12,14,20H,2-4,10-11,13H2,1H3,(H,24,27)(H2,25,26,28). The summed E-state index contributed by atoms with van der Waals surface area (Å²) in [6.45, 7) is 2.57. The van der Waals surface area contributed by atoms with Crippen LogP contribution in [-0.4, -0.2) is 28.4 Å². The molecular weight excluding hydrogens is 380 g/mol. The van der Waals surface area contributed by atoms with E-state index in [1.807, 2.05) is 43.3 Å². The second-order valence-corrected chi connectivity index (χ2v) is 8.12. The van der Waals surface area contributed by atoms with Gasteiger partial charge in [0.05, 0.1) is 30.0 Å². The number of hydrogen-bond donors (Lipinski definition) is 3. The maximum absolute atomic E-state index is 12.9. The monoisotopic (exact) mass is 406 g/mol. The molecule has 0 bridgehead atoms. The van der Waals surface area contributed by atoms with Crippen LogP contribution in [0.25, 0.3) is 10.9 Å². The first-order valence-electron chi connectivity index (χ1n) is 10.6. The molecule has 0 radical (unpaired) electrons. The minimum Gasteiger partial charge on any atom is -0.494 e. The van der Waals surface area contributed by atoms with Gasteiger partial charge in [0.25, 0.3) is 0 Å². The zero-order valence-corrected chi connectivity index (χ0v) is 17.0. The van der Waals surface area contributed by atoms with E-state index in [1.165, 1.54) is 0 Å². The van der Waals surface area contributed by atoms with Crippen LogP contribution in [0.5, 0.6) is 11.5 Å². The predicted octanol–water partition coefficient (Wildman–Crippen LogP) is 4.92. The number of urea groups is 1. The fourth-order valence-corrected chi connectivity index (χ4v) is 4.75. The Bertz CT molecular complexity index is 1070. The van der Waals surface area contributed by atoms with Crippen LogP contribution < -0.4 is 20.1 Å². The Morgan fingerprint density at radius 1 is 1.30 bits per heavy atom. The summed E-state index contributed by atoms with van der Waals surface area (Å²) in [5, 5.41) is 14.0. The molecule has 3 aromatic rings. The number of aromatic amines is 1. The van der Waals surface area contributed by atoms with Gasteiger partial charge in [0.2, 0.25) is 0 Å². The second kappa shape index (κ2) is 7.55. The largest absolute Gasteiger partial charge is 0.494 e. The fourth-order valence-electron chi connectivity index (χ4n) is 4.75. The van der Waals surface area contributed by atoms with Gasteiger partial charge in [-0.1, -0.05) is 6.07 Å². The molecule has 1 aliphatic heterocycles. The van der Waals surface area contributed by atoms with Crippen molar-refractivity contribution in [2.45, 2.75) is 50.7 Å². The average molecular weight is 406 g/mol. The smallest absolute Gasteiger partial charge is 0.319 e. The molecule has 1 aromatic heterocycles. The van der Waals surface area contributed by atoms with Crippen LogP contribution in [0.15, 0.2) is 42.6 Å². The molecule has 1 atom stereocenters. The first kappa shape index (κ1) is 18.8.